The van der Waals surface area contributed by atoms with Crippen molar-refractivity contribution in [1.29, 1.82) is 0 Å². The summed E-state index contributed by atoms with van der Waals surface area (Å²) in [7, 11) is 1.60. The lowest BCUT2D eigenvalue weighted by Gasteiger charge is -2.26. The van der Waals surface area contributed by atoms with Gasteiger partial charge in [0.25, 0.3) is 0 Å². The summed E-state index contributed by atoms with van der Waals surface area (Å²) in [5, 5.41) is 5.58. The molecule has 108 valence electrons. The smallest absolute Gasteiger partial charge is 0.0820 e. The minimum Gasteiger partial charge on any atom is -0.329 e. The van der Waals surface area contributed by atoms with E-state index in [4.69, 9.17) is 5.73 Å². The minimum absolute atomic E-state index is 0.476. The highest BCUT2D eigenvalue weighted by molar-refractivity contribution is 14.2. The van der Waals surface area contributed by atoms with Gasteiger partial charge in [0.2, 0.25) is 0 Å². The van der Waals surface area contributed by atoms with Gasteiger partial charge in [-0.2, -0.15) is 9.19 Å². The molecular formula is C14H19IN4S. The molecule has 0 unspecified atom stereocenters. The van der Waals surface area contributed by atoms with Crippen LogP contribution in [0.5, 0.6) is 0 Å². The van der Waals surface area contributed by atoms with E-state index >= 15 is 0 Å². The van der Waals surface area contributed by atoms with E-state index in [2.05, 4.69) is 49.4 Å². The van der Waals surface area contributed by atoms with Gasteiger partial charge in [-0.3, -0.25) is 4.90 Å². The van der Waals surface area contributed by atoms with Crippen molar-refractivity contribution in [1.82, 2.24) is 14.1 Å². The van der Waals surface area contributed by atoms with Gasteiger partial charge in [-0.15, -0.1) is 0 Å². The molecule has 1 atom stereocenters. The van der Waals surface area contributed by atoms with Crippen LogP contribution in [0.25, 0.3) is 10.9 Å². The second-order valence-electron chi connectivity index (χ2n) is 5.32. The molecule has 0 aliphatic carbocycles. The van der Waals surface area contributed by atoms with E-state index in [-0.39, 0.29) is 0 Å². The number of nitrogens with zero attached hydrogens (tertiary/aromatic N) is 3. The minimum atomic E-state index is 0.476. The van der Waals surface area contributed by atoms with Crippen molar-refractivity contribution in [3.8, 4) is 0 Å². The molecule has 0 bridgehead atoms. The summed E-state index contributed by atoms with van der Waals surface area (Å²) < 4.78 is 1.94. The maximum Gasteiger partial charge on any atom is 0.0820 e. The fourth-order valence-electron chi connectivity index (χ4n) is 2.98. The number of hydrogen-bond donors (Lipinski definition) is 1. The molecule has 1 aliphatic rings. The summed E-state index contributed by atoms with van der Waals surface area (Å²) in [5.74, 6) is 0. The topological polar surface area (TPSA) is 47.1 Å². The lowest BCUT2D eigenvalue weighted by molar-refractivity contribution is 0.246. The Hall–Kier alpha value is -0.310. The Balaban J connectivity index is 1.79. The van der Waals surface area contributed by atoms with Gasteiger partial charge in [0.05, 0.1) is 11.7 Å². The summed E-state index contributed by atoms with van der Waals surface area (Å²) in [4.78, 5) is 2.54. The van der Waals surface area contributed by atoms with E-state index in [1.807, 2.05) is 10.3 Å². The summed E-state index contributed by atoms with van der Waals surface area (Å²) in [5.41, 5.74) is 8.51. The third-order valence-electron chi connectivity index (χ3n) is 4.07. The zero-order chi connectivity index (χ0) is 13.9. The van der Waals surface area contributed by atoms with Gasteiger partial charge in [0.15, 0.2) is 0 Å². The number of benzene rings is 1. The summed E-state index contributed by atoms with van der Waals surface area (Å²) in [6.45, 7) is 3.14. The first-order valence-electron chi connectivity index (χ1n) is 7.01. The Labute approximate surface area is 135 Å². The van der Waals surface area contributed by atoms with Crippen molar-refractivity contribution >= 4 is 41.2 Å². The summed E-state index contributed by atoms with van der Waals surface area (Å²) >= 11 is 2.25. The predicted molar refractivity (Wildman–Crippen MR) is 94.1 cm³/mol. The van der Waals surface area contributed by atoms with Crippen molar-refractivity contribution in [2.75, 3.05) is 19.6 Å². The van der Waals surface area contributed by atoms with Crippen LogP contribution in [0.4, 0.5) is 0 Å². The van der Waals surface area contributed by atoms with Crippen LogP contribution < -0.4 is 5.73 Å². The van der Waals surface area contributed by atoms with Crippen LogP contribution in [0.1, 0.15) is 18.4 Å². The Morgan fingerprint density at radius 2 is 2.15 bits per heavy atom. The van der Waals surface area contributed by atoms with E-state index in [1.165, 1.54) is 42.4 Å². The average molecular weight is 402 g/mol. The number of fused-ring (bicyclic) bond motifs is 1. The SMILES string of the molecule is NC[C@H](Cc1ccc2c(cnn2SI)c1)N1CCCC1. The van der Waals surface area contributed by atoms with Crippen LogP contribution in [0.3, 0.4) is 0 Å². The molecule has 1 aromatic heterocycles. The number of rotatable bonds is 5. The number of hydrogen-bond acceptors (Lipinski definition) is 4. The van der Waals surface area contributed by atoms with Crippen molar-refractivity contribution in [2.24, 2.45) is 5.73 Å². The number of likely N-dealkylation sites (tertiary alicyclic amines) is 1. The monoisotopic (exact) mass is 402 g/mol. The van der Waals surface area contributed by atoms with Crippen molar-refractivity contribution in [2.45, 2.75) is 25.3 Å². The molecule has 1 saturated heterocycles. The molecule has 1 fully saturated rings. The molecular weight excluding hydrogens is 383 g/mol. The Morgan fingerprint density at radius 1 is 1.35 bits per heavy atom. The molecule has 0 saturated carbocycles. The number of halogens is 1. The van der Waals surface area contributed by atoms with Crippen LogP contribution in [0.15, 0.2) is 24.4 Å². The molecule has 2 heterocycles. The molecule has 2 aromatic rings. The first-order chi connectivity index (χ1) is 9.81. The quantitative estimate of drug-likeness (QED) is 0.782. The Kier molecular flexibility index (Phi) is 4.85. The van der Waals surface area contributed by atoms with Gasteiger partial charge < -0.3 is 5.73 Å². The predicted octanol–water partition coefficient (Wildman–Crippen LogP) is 2.85. The largest absolute Gasteiger partial charge is 0.329 e. The maximum atomic E-state index is 5.98. The van der Waals surface area contributed by atoms with Crippen LogP contribution in [-0.2, 0) is 6.42 Å². The van der Waals surface area contributed by atoms with Crippen molar-refractivity contribution in [3.63, 3.8) is 0 Å². The highest BCUT2D eigenvalue weighted by Crippen LogP contribution is 2.24. The highest BCUT2D eigenvalue weighted by atomic mass is 127. The van der Waals surface area contributed by atoms with Gasteiger partial charge in [-0.05, 0) is 50.0 Å². The lowest BCUT2D eigenvalue weighted by atomic mass is 10.0. The third kappa shape index (κ3) is 2.98. The van der Waals surface area contributed by atoms with Crippen LogP contribution in [0, 0.1) is 0 Å². The Morgan fingerprint density at radius 3 is 2.85 bits per heavy atom. The molecule has 20 heavy (non-hydrogen) atoms. The van der Waals surface area contributed by atoms with Gasteiger partial charge in [0.1, 0.15) is 0 Å². The third-order valence-corrected chi connectivity index (χ3v) is 5.61. The molecule has 1 aliphatic heterocycles. The molecule has 2 N–H and O–H groups in total. The van der Waals surface area contributed by atoms with E-state index in [1.54, 1.807) is 9.12 Å². The van der Waals surface area contributed by atoms with E-state index in [0.717, 1.165) is 13.0 Å². The summed E-state index contributed by atoms with van der Waals surface area (Å²) in [6.07, 6.45) is 5.61. The molecule has 6 heteroatoms. The lowest BCUT2D eigenvalue weighted by Crippen LogP contribution is -2.40. The fraction of sp³-hybridized carbons (Fsp3) is 0.500. The summed E-state index contributed by atoms with van der Waals surface area (Å²) in [6, 6.07) is 7.11. The average Bonchev–Trinajstić information content (AvgIpc) is 3.13. The highest BCUT2D eigenvalue weighted by Gasteiger charge is 2.21. The molecule has 1 aromatic carbocycles. The second-order valence-corrected chi connectivity index (χ2v) is 6.98. The molecule has 0 radical (unpaired) electrons. The van der Waals surface area contributed by atoms with E-state index < -0.39 is 0 Å². The first kappa shape index (κ1) is 14.6. The van der Waals surface area contributed by atoms with Gasteiger partial charge >= 0.3 is 0 Å². The van der Waals surface area contributed by atoms with Crippen molar-refractivity contribution < 1.29 is 0 Å². The number of aromatic nitrogens is 2. The standard InChI is InChI=1S/C14H19IN4S/c15-20-19-14-4-3-11(7-12(14)10-17-19)8-13(9-16)18-5-1-2-6-18/h3-4,7,10,13H,1-2,5-6,8-9,16H2/t13-/m0/s1. The molecule has 0 spiro atoms. The van der Waals surface area contributed by atoms with Gasteiger partial charge in [0, 0.05) is 48.3 Å². The van der Waals surface area contributed by atoms with Crippen LogP contribution in [0.2, 0.25) is 0 Å². The zero-order valence-electron chi connectivity index (χ0n) is 11.3. The van der Waals surface area contributed by atoms with Crippen LogP contribution in [-0.4, -0.2) is 39.8 Å². The van der Waals surface area contributed by atoms with Gasteiger partial charge in [-0.25, -0.2) is 0 Å². The first-order valence-corrected chi connectivity index (χ1v) is 10.3. The Bertz CT molecular complexity index is 580. The molecule has 4 nitrogen and oxygen atoms in total. The van der Waals surface area contributed by atoms with Crippen molar-refractivity contribution in [3.05, 3.63) is 30.0 Å². The molecule has 3 rings (SSSR count). The van der Waals surface area contributed by atoms with Gasteiger partial charge in [-0.1, -0.05) is 6.07 Å². The van der Waals surface area contributed by atoms with E-state index in [0.29, 0.717) is 6.04 Å². The normalized spacial score (nSPS) is 17.9. The number of nitrogens with two attached hydrogens (primary N) is 1. The second kappa shape index (κ2) is 6.64. The fourth-order valence-corrected chi connectivity index (χ4v) is 4.25. The van der Waals surface area contributed by atoms with Crippen LogP contribution >= 0.6 is 30.3 Å². The zero-order valence-corrected chi connectivity index (χ0v) is 14.3. The maximum absolute atomic E-state index is 5.98. The molecule has 0 amide bonds. The van der Waals surface area contributed by atoms with E-state index in [9.17, 15) is 0 Å².